The Kier molecular flexibility index (Phi) is 4.71. The van der Waals surface area contributed by atoms with Gasteiger partial charge in [-0.15, -0.1) is 0 Å². The maximum Gasteiger partial charge on any atom is 0.311 e. The fourth-order valence-corrected chi connectivity index (χ4v) is 3.07. The van der Waals surface area contributed by atoms with Gasteiger partial charge in [0.2, 0.25) is 0 Å². The van der Waals surface area contributed by atoms with E-state index in [1.165, 1.54) is 0 Å². The monoisotopic (exact) mass is 358 g/mol. The lowest BCUT2D eigenvalue weighted by Crippen LogP contribution is -2.34. The first kappa shape index (κ1) is 18.0. The summed E-state index contributed by atoms with van der Waals surface area (Å²) >= 11 is 0. The molecule has 7 nitrogen and oxygen atoms in total. The summed E-state index contributed by atoms with van der Waals surface area (Å²) in [6, 6.07) is 6.92. The van der Waals surface area contributed by atoms with Crippen LogP contribution in [-0.2, 0) is 11.4 Å². The highest BCUT2D eigenvalue weighted by Crippen LogP contribution is 2.31. The van der Waals surface area contributed by atoms with Crippen LogP contribution in [0.25, 0.3) is 0 Å². The summed E-state index contributed by atoms with van der Waals surface area (Å²) in [5.41, 5.74) is 1.27. The van der Waals surface area contributed by atoms with Gasteiger partial charge in [0.1, 0.15) is 18.1 Å². The number of aryl methyl sites for hydroxylation is 2. The molecule has 0 aliphatic carbocycles. The molecular weight excluding hydrogens is 336 g/mol. The van der Waals surface area contributed by atoms with Crippen molar-refractivity contribution in [2.45, 2.75) is 33.8 Å². The number of ether oxygens (including phenoxy) is 1. The van der Waals surface area contributed by atoms with E-state index in [9.17, 15) is 14.7 Å². The number of carboxylic acid groups (broad SMARTS) is 1. The first-order valence-corrected chi connectivity index (χ1v) is 8.47. The van der Waals surface area contributed by atoms with Crippen molar-refractivity contribution >= 4 is 11.9 Å². The number of rotatable bonds is 5. The smallest absolute Gasteiger partial charge is 0.311 e. The molecule has 26 heavy (non-hydrogen) atoms. The number of aromatic nitrogens is 1. The van der Waals surface area contributed by atoms with Crippen LogP contribution in [0.3, 0.4) is 0 Å². The highest BCUT2D eigenvalue weighted by molar-refractivity contribution is 5.95. The van der Waals surface area contributed by atoms with Crippen LogP contribution in [0.1, 0.15) is 40.7 Å². The molecule has 1 N–H and O–H groups in total. The highest BCUT2D eigenvalue weighted by Gasteiger charge is 2.42. The van der Waals surface area contributed by atoms with Gasteiger partial charge in [0.05, 0.1) is 16.7 Å². The zero-order chi connectivity index (χ0) is 18.9. The molecule has 1 atom stereocenters. The Hall–Kier alpha value is -2.83. The molecule has 1 aliphatic heterocycles. The first-order chi connectivity index (χ1) is 12.3. The summed E-state index contributed by atoms with van der Waals surface area (Å²) in [5.74, 6) is 0.220. The van der Waals surface area contributed by atoms with Crippen LogP contribution in [-0.4, -0.2) is 40.1 Å². The predicted molar refractivity (Wildman–Crippen MR) is 93.0 cm³/mol. The number of amides is 1. The third-order valence-corrected chi connectivity index (χ3v) is 4.92. The second-order valence-electron chi connectivity index (χ2n) is 6.96. The Morgan fingerprint density at radius 3 is 2.77 bits per heavy atom. The summed E-state index contributed by atoms with van der Waals surface area (Å²) in [6.07, 6.45) is 0.455. The molecule has 1 aliphatic rings. The molecule has 1 aromatic heterocycles. The van der Waals surface area contributed by atoms with E-state index in [2.05, 4.69) is 5.16 Å². The van der Waals surface area contributed by atoms with Crippen molar-refractivity contribution in [1.82, 2.24) is 10.1 Å². The lowest BCUT2D eigenvalue weighted by atomic mass is 9.90. The number of hydrogen-bond donors (Lipinski definition) is 1. The van der Waals surface area contributed by atoms with Crippen molar-refractivity contribution in [2.75, 3.05) is 13.1 Å². The number of aliphatic carboxylic acids is 1. The molecule has 3 rings (SSSR count). The van der Waals surface area contributed by atoms with Gasteiger partial charge in [0.15, 0.2) is 0 Å². The molecule has 0 radical (unpaired) electrons. The molecule has 1 amide bonds. The van der Waals surface area contributed by atoms with Gasteiger partial charge >= 0.3 is 5.97 Å². The van der Waals surface area contributed by atoms with Gasteiger partial charge in [-0.05, 0) is 45.4 Å². The number of carboxylic acids is 1. The number of hydrogen-bond acceptors (Lipinski definition) is 5. The van der Waals surface area contributed by atoms with Crippen LogP contribution in [0.2, 0.25) is 0 Å². The molecular formula is C19H22N2O5. The molecule has 0 unspecified atom stereocenters. The molecule has 1 fully saturated rings. The Morgan fingerprint density at radius 2 is 2.15 bits per heavy atom. The lowest BCUT2D eigenvalue weighted by molar-refractivity contribution is -0.147. The molecule has 1 aromatic carbocycles. The minimum Gasteiger partial charge on any atom is -0.489 e. The van der Waals surface area contributed by atoms with E-state index in [0.717, 1.165) is 11.3 Å². The lowest BCUT2D eigenvalue weighted by Gasteiger charge is -2.20. The Morgan fingerprint density at radius 1 is 1.38 bits per heavy atom. The van der Waals surface area contributed by atoms with Crippen molar-refractivity contribution in [3.8, 4) is 5.75 Å². The fraction of sp³-hybridized carbons (Fsp3) is 0.421. The number of benzene rings is 1. The van der Waals surface area contributed by atoms with Gasteiger partial charge in [-0.2, -0.15) is 0 Å². The minimum absolute atomic E-state index is 0.183. The molecule has 0 saturated carbocycles. The molecule has 7 heteroatoms. The standard InChI is InChI=1S/C19H22N2O5/c1-12-16(13(2)26-20-12)10-25-15-6-4-5-14(9-15)17(22)21-8-7-19(3,11-21)18(23)24/h4-6,9H,7-8,10-11H2,1-3H3,(H,23,24)/t19-/m0/s1. The zero-order valence-electron chi connectivity index (χ0n) is 15.1. The molecule has 1 saturated heterocycles. The Balaban J connectivity index is 1.69. The van der Waals surface area contributed by atoms with E-state index in [-0.39, 0.29) is 12.5 Å². The van der Waals surface area contributed by atoms with Crippen molar-refractivity contribution < 1.29 is 24.0 Å². The maximum absolute atomic E-state index is 12.7. The van der Waals surface area contributed by atoms with Gasteiger partial charge in [-0.3, -0.25) is 9.59 Å². The maximum atomic E-state index is 12.7. The molecule has 2 heterocycles. The highest BCUT2D eigenvalue weighted by atomic mass is 16.5. The van der Waals surface area contributed by atoms with Gasteiger partial charge in [-0.1, -0.05) is 11.2 Å². The summed E-state index contributed by atoms with van der Waals surface area (Å²) in [5, 5.41) is 13.2. The van der Waals surface area contributed by atoms with Crippen molar-refractivity contribution in [1.29, 1.82) is 0 Å². The van der Waals surface area contributed by atoms with E-state index in [1.807, 2.05) is 13.8 Å². The van der Waals surface area contributed by atoms with E-state index >= 15 is 0 Å². The van der Waals surface area contributed by atoms with Crippen molar-refractivity contribution in [2.24, 2.45) is 5.41 Å². The average molecular weight is 358 g/mol. The minimum atomic E-state index is -0.882. The van der Waals surface area contributed by atoms with Crippen LogP contribution >= 0.6 is 0 Å². The topological polar surface area (TPSA) is 92.9 Å². The summed E-state index contributed by atoms with van der Waals surface area (Å²) in [6.45, 7) is 6.30. The third kappa shape index (κ3) is 3.42. The summed E-state index contributed by atoms with van der Waals surface area (Å²) in [7, 11) is 0. The Labute approximate surface area is 151 Å². The summed E-state index contributed by atoms with van der Waals surface area (Å²) < 4.78 is 10.9. The van der Waals surface area contributed by atoms with Gasteiger partial charge in [-0.25, -0.2) is 0 Å². The van der Waals surface area contributed by atoms with Gasteiger partial charge in [0, 0.05) is 18.7 Å². The zero-order valence-corrected chi connectivity index (χ0v) is 15.1. The normalized spacial score (nSPS) is 19.6. The van der Waals surface area contributed by atoms with Crippen molar-refractivity contribution in [3.63, 3.8) is 0 Å². The van der Waals surface area contributed by atoms with Crippen LogP contribution < -0.4 is 4.74 Å². The fourth-order valence-electron chi connectivity index (χ4n) is 3.07. The van der Waals surface area contributed by atoms with Crippen LogP contribution in [0.4, 0.5) is 0 Å². The van der Waals surface area contributed by atoms with Gasteiger partial charge < -0.3 is 19.3 Å². The van der Waals surface area contributed by atoms with Crippen LogP contribution in [0.5, 0.6) is 5.75 Å². The molecule has 0 bridgehead atoms. The second kappa shape index (κ2) is 6.82. The van der Waals surface area contributed by atoms with Crippen molar-refractivity contribution in [3.05, 3.63) is 46.8 Å². The second-order valence-corrected chi connectivity index (χ2v) is 6.96. The molecule has 138 valence electrons. The number of carbonyl (C=O) groups excluding carboxylic acids is 1. The predicted octanol–water partition coefficient (Wildman–Crippen LogP) is 2.81. The van der Waals surface area contributed by atoms with Crippen LogP contribution in [0, 0.1) is 19.3 Å². The Bertz CT molecular complexity index is 825. The summed E-state index contributed by atoms with van der Waals surface area (Å²) in [4.78, 5) is 25.7. The number of likely N-dealkylation sites (tertiary alicyclic amines) is 1. The van der Waals surface area contributed by atoms with E-state index in [1.54, 1.807) is 36.1 Å². The number of nitrogens with zero attached hydrogens (tertiary/aromatic N) is 2. The van der Waals surface area contributed by atoms with Gasteiger partial charge in [0.25, 0.3) is 5.91 Å². The van der Waals surface area contributed by atoms with E-state index in [0.29, 0.717) is 36.6 Å². The van der Waals surface area contributed by atoms with E-state index < -0.39 is 11.4 Å². The first-order valence-electron chi connectivity index (χ1n) is 8.47. The largest absolute Gasteiger partial charge is 0.489 e. The quantitative estimate of drug-likeness (QED) is 0.883. The number of carbonyl (C=O) groups is 2. The third-order valence-electron chi connectivity index (χ3n) is 4.92. The molecule has 0 spiro atoms. The average Bonchev–Trinajstić information content (AvgIpc) is 3.17. The van der Waals surface area contributed by atoms with E-state index in [4.69, 9.17) is 9.26 Å². The van der Waals surface area contributed by atoms with Crippen LogP contribution in [0.15, 0.2) is 28.8 Å². The molecule has 2 aromatic rings. The SMILES string of the molecule is Cc1noc(C)c1COc1cccc(C(=O)N2CC[C@](C)(C(=O)O)C2)c1.